The monoisotopic (exact) mass is 444 g/mol. The third kappa shape index (κ3) is 4.58. The van der Waals surface area contributed by atoms with Gasteiger partial charge in [-0.2, -0.15) is 0 Å². The number of piperidine rings is 1. The van der Waals surface area contributed by atoms with Crippen LogP contribution in [0.15, 0.2) is 29.3 Å². The molecule has 1 aromatic rings. The normalized spacial score (nSPS) is 30.8. The van der Waals surface area contributed by atoms with E-state index in [1.165, 1.54) is 18.2 Å². The predicted octanol–water partition coefficient (Wildman–Crippen LogP) is 2.52. The zero-order valence-corrected chi connectivity index (χ0v) is 19.4. The first kappa shape index (κ1) is 22.1. The number of amidine groups is 2. The van der Waals surface area contributed by atoms with Crippen molar-refractivity contribution in [3.05, 3.63) is 24.3 Å². The lowest BCUT2D eigenvalue weighted by atomic mass is 9.92. The number of carbonyl (C=O) groups excluding carboxylic acids is 1. The lowest BCUT2D eigenvalue weighted by molar-refractivity contribution is -0.130. The molecule has 0 spiro atoms. The van der Waals surface area contributed by atoms with Crippen molar-refractivity contribution in [1.82, 2.24) is 15.8 Å². The molecule has 3 N–H and O–H groups in total. The molecule has 5 unspecified atom stereocenters. The van der Waals surface area contributed by atoms with Gasteiger partial charge in [-0.05, 0) is 37.3 Å². The molecule has 0 aromatic heterocycles. The number of hydrazine groups is 1. The SMILES string of the molecule is COc1cccc(N2C(=N)C3C(C)NNC3N=C2SCC(=O)N2CC(C)CC(C)C2)c1. The maximum Gasteiger partial charge on any atom is 0.233 e. The largest absolute Gasteiger partial charge is 0.497 e. The Balaban J connectivity index is 1.56. The van der Waals surface area contributed by atoms with Gasteiger partial charge in [-0.15, -0.1) is 0 Å². The Kier molecular flexibility index (Phi) is 6.55. The summed E-state index contributed by atoms with van der Waals surface area (Å²) in [7, 11) is 1.63. The first-order valence-corrected chi connectivity index (χ1v) is 11.9. The number of nitrogens with one attached hydrogen (secondary N) is 3. The van der Waals surface area contributed by atoms with Gasteiger partial charge >= 0.3 is 0 Å². The molecule has 9 heteroatoms. The van der Waals surface area contributed by atoms with E-state index in [0.29, 0.717) is 28.6 Å². The van der Waals surface area contributed by atoms with Gasteiger partial charge in [-0.25, -0.2) is 10.4 Å². The zero-order valence-electron chi connectivity index (χ0n) is 18.6. The van der Waals surface area contributed by atoms with Gasteiger partial charge in [0.2, 0.25) is 5.91 Å². The van der Waals surface area contributed by atoms with Crippen LogP contribution in [-0.2, 0) is 4.79 Å². The van der Waals surface area contributed by atoms with Crippen LogP contribution in [0.3, 0.4) is 0 Å². The standard InChI is InChI=1S/C22H32N6O2S/c1-13-8-14(2)11-27(10-13)18(29)12-31-22-24-21-19(15(3)25-26-21)20(23)28(22)16-6-5-7-17(9-16)30-4/h5-7,9,13-15,19,21,23,25-26H,8,10-12H2,1-4H3. The molecular formula is C22H32N6O2S. The first-order chi connectivity index (χ1) is 14.9. The maximum absolute atomic E-state index is 13.0. The predicted molar refractivity (Wildman–Crippen MR) is 126 cm³/mol. The summed E-state index contributed by atoms with van der Waals surface area (Å²) in [5.41, 5.74) is 7.21. The zero-order chi connectivity index (χ0) is 22.1. The van der Waals surface area contributed by atoms with Crippen LogP contribution in [0.1, 0.15) is 27.2 Å². The van der Waals surface area contributed by atoms with Crippen LogP contribution in [0, 0.1) is 23.2 Å². The van der Waals surface area contributed by atoms with E-state index in [2.05, 4.69) is 24.7 Å². The van der Waals surface area contributed by atoms with Gasteiger partial charge in [0.1, 0.15) is 17.8 Å². The summed E-state index contributed by atoms with van der Waals surface area (Å²) in [6.45, 7) is 8.10. The Morgan fingerprint density at radius 1 is 1.26 bits per heavy atom. The highest BCUT2D eigenvalue weighted by molar-refractivity contribution is 8.14. The second-order valence-corrected chi connectivity index (χ2v) is 9.86. The number of anilines is 1. The Morgan fingerprint density at radius 3 is 2.71 bits per heavy atom. The van der Waals surface area contributed by atoms with Crippen molar-refractivity contribution in [2.75, 3.05) is 30.9 Å². The number of likely N-dealkylation sites (tertiary alicyclic amines) is 1. The molecule has 3 aliphatic rings. The van der Waals surface area contributed by atoms with Gasteiger partial charge in [-0.3, -0.25) is 20.5 Å². The molecule has 2 saturated heterocycles. The number of benzene rings is 1. The van der Waals surface area contributed by atoms with E-state index in [1.54, 1.807) is 7.11 Å². The van der Waals surface area contributed by atoms with E-state index >= 15 is 0 Å². The Bertz CT molecular complexity index is 867. The molecule has 168 valence electrons. The number of fused-ring (bicyclic) bond motifs is 1. The van der Waals surface area contributed by atoms with Crippen molar-refractivity contribution >= 4 is 34.4 Å². The lowest BCUT2D eigenvalue weighted by Gasteiger charge is -2.37. The number of hydrogen-bond acceptors (Lipinski definition) is 7. The van der Waals surface area contributed by atoms with Crippen LogP contribution in [0.5, 0.6) is 5.75 Å². The number of thioether (sulfide) groups is 1. The summed E-state index contributed by atoms with van der Waals surface area (Å²) in [5, 5.41) is 9.61. The highest BCUT2D eigenvalue weighted by Crippen LogP contribution is 2.33. The number of rotatable bonds is 4. The van der Waals surface area contributed by atoms with Crippen molar-refractivity contribution in [3.63, 3.8) is 0 Å². The van der Waals surface area contributed by atoms with E-state index in [4.69, 9.17) is 15.1 Å². The Morgan fingerprint density at radius 2 is 2.00 bits per heavy atom. The summed E-state index contributed by atoms with van der Waals surface area (Å²) >= 11 is 1.41. The average Bonchev–Trinajstić information content (AvgIpc) is 3.12. The van der Waals surface area contributed by atoms with Gasteiger partial charge in [0, 0.05) is 25.2 Å². The molecule has 0 saturated carbocycles. The molecular weight excluding hydrogens is 412 g/mol. The number of methoxy groups -OCH3 is 1. The van der Waals surface area contributed by atoms with Gasteiger partial charge in [0.05, 0.1) is 24.5 Å². The highest BCUT2D eigenvalue weighted by Gasteiger charge is 2.44. The molecule has 1 amide bonds. The second-order valence-electron chi connectivity index (χ2n) is 8.92. The lowest BCUT2D eigenvalue weighted by Crippen LogP contribution is -2.50. The van der Waals surface area contributed by atoms with Gasteiger partial charge in [0.15, 0.2) is 5.17 Å². The van der Waals surface area contributed by atoms with Crippen LogP contribution in [0.2, 0.25) is 0 Å². The number of aliphatic imine (C=N–C) groups is 1. The van der Waals surface area contributed by atoms with Crippen LogP contribution in [0.25, 0.3) is 0 Å². The number of amides is 1. The minimum Gasteiger partial charge on any atom is -0.497 e. The molecule has 5 atom stereocenters. The van der Waals surface area contributed by atoms with Crippen LogP contribution >= 0.6 is 11.8 Å². The second kappa shape index (κ2) is 9.18. The van der Waals surface area contributed by atoms with Crippen LogP contribution in [-0.4, -0.2) is 60.0 Å². The molecule has 2 fully saturated rings. The maximum atomic E-state index is 13.0. The molecule has 3 heterocycles. The van der Waals surface area contributed by atoms with Crippen molar-refractivity contribution in [3.8, 4) is 5.75 Å². The molecule has 0 aliphatic carbocycles. The van der Waals surface area contributed by atoms with E-state index in [-0.39, 0.29) is 24.0 Å². The molecule has 3 aliphatic heterocycles. The van der Waals surface area contributed by atoms with Crippen LogP contribution < -0.4 is 20.5 Å². The minimum absolute atomic E-state index is 0.0823. The van der Waals surface area contributed by atoms with Crippen molar-refractivity contribution in [2.24, 2.45) is 22.7 Å². The van der Waals surface area contributed by atoms with E-state index < -0.39 is 0 Å². The van der Waals surface area contributed by atoms with Crippen molar-refractivity contribution in [2.45, 2.75) is 39.4 Å². The summed E-state index contributed by atoms with van der Waals surface area (Å²) in [6.07, 6.45) is 0.960. The van der Waals surface area contributed by atoms with Gasteiger partial charge in [-0.1, -0.05) is 31.7 Å². The number of nitrogens with zero attached hydrogens (tertiary/aromatic N) is 3. The third-order valence-electron chi connectivity index (χ3n) is 6.19. The average molecular weight is 445 g/mol. The topological polar surface area (TPSA) is 93.0 Å². The van der Waals surface area contributed by atoms with Crippen molar-refractivity contribution in [1.29, 1.82) is 5.41 Å². The molecule has 0 bridgehead atoms. The van der Waals surface area contributed by atoms with Crippen LogP contribution in [0.4, 0.5) is 5.69 Å². The number of hydrogen-bond donors (Lipinski definition) is 3. The third-order valence-corrected chi connectivity index (χ3v) is 7.13. The minimum atomic E-state index is -0.211. The quantitative estimate of drug-likeness (QED) is 0.661. The number of carbonyl (C=O) groups is 1. The fourth-order valence-electron chi connectivity index (χ4n) is 4.78. The van der Waals surface area contributed by atoms with Gasteiger partial charge in [0.25, 0.3) is 0 Å². The van der Waals surface area contributed by atoms with E-state index in [1.807, 2.05) is 41.0 Å². The Labute approximate surface area is 188 Å². The van der Waals surface area contributed by atoms with Gasteiger partial charge < -0.3 is 9.64 Å². The fraction of sp³-hybridized carbons (Fsp3) is 0.591. The smallest absolute Gasteiger partial charge is 0.233 e. The first-order valence-electron chi connectivity index (χ1n) is 10.9. The highest BCUT2D eigenvalue weighted by atomic mass is 32.2. The summed E-state index contributed by atoms with van der Waals surface area (Å²) in [5.74, 6) is 2.61. The molecule has 31 heavy (non-hydrogen) atoms. The molecule has 1 aromatic carbocycles. The summed E-state index contributed by atoms with van der Waals surface area (Å²) in [6, 6.07) is 7.73. The van der Waals surface area contributed by atoms with E-state index in [9.17, 15) is 4.79 Å². The summed E-state index contributed by atoms with van der Waals surface area (Å²) < 4.78 is 5.39. The molecule has 4 rings (SSSR count). The number of ether oxygens (including phenoxy) is 1. The van der Waals surface area contributed by atoms with E-state index in [0.717, 1.165) is 24.5 Å². The molecule has 8 nitrogen and oxygen atoms in total. The fourth-order valence-corrected chi connectivity index (χ4v) is 5.74. The summed E-state index contributed by atoms with van der Waals surface area (Å²) in [4.78, 5) is 21.7. The molecule has 0 radical (unpaired) electrons. The van der Waals surface area contributed by atoms with Crippen molar-refractivity contribution < 1.29 is 9.53 Å². The Hall–Kier alpha value is -2.10.